The quantitative estimate of drug-likeness (QED) is 0.862. The molecule has 0 amide bonds. The lowest BCUT2D eigenvalue weighted by Crippen LogP contribution is -2.23. The number of nitrogens with zero attached hydrogens (tertiary/aromatic N) is 3. The molecule has 5 heteroatoms. The fourth-order valence-electron chi connectivity index (χ4n) is 3.01. The number of nitriles is 1. The monoisotopic (exact) mass is 275 g/mol. The molecule has 1 aromatic heterocycles. The lowest BCUT2D eigenvalue weighted by atomic mass is 9.95. The Morgan fingerprint density at radius 1 is 1.35 bits per heavy atom. The Hall–Kier alpha value is -1.70. The van der Waals surface area contributed by atoms with Crippen LogP contribution in [0.3, 0.4) is 0 Å². The largest absolute Gasteiger partial charge is 0.383 e. The van der Waals surface area contributed by atoms with E-state index in [0.29, 0.717) is 23.2 Å². The van der Waals surface area contributed by atoms with Crippen LogP contribution in [0.15, 0.2) is 0 Å². The highest BCUT2D eigenvalue weighted by Crippen LogP contribution is 2.29. The highest BCUT2D eigenvalue weighted by molar-refractivity contribution is 5.64. The Morgan fingerprint density at radius 3 is 2.55 bits per heavy atom. The minimum Gasteiger partial charge on any atom is -0.383 e. The first-order valence-electron chi connectivity index (χ1n) is 7.75. The van der Waals surface area contributed by atoms with Gasteiger partial charge in [-0.2, -0.15) is 10.4 Å². The molecule has 2 rings (SSSR count). The van der Waals surface area contributed by atoms with E-state index in [-0.39, 0.29) is 6.04 Å². The summed E-state index contributed by atoms with van der Waals surface area (Å²) in [6, 6.07) is 2.90. The van der Waals surface area contributed by atoms with Crippen molar-refractivity contribution in [2.24, 2.45) is 0 Å². The average molecular weight is 275 g/mol. The maximum Gasteiger partial charge on any atom is 0.168 e. The Kier molecular flexibility index (Phi) is 4.89. The molecule has 0 saturated heterocycles. The van der Waals surface area contributed by atoms with Gasteiger partial charge in [0, 0.05) is 6.04 Å². The molecule has 0 aromatic carbocycles. The summed E-state index contributed by atoms with van der Waals surface area (Å²) in [5.74, 6) is 1.17. The molecule has 20 heavy (non-hydrogen) atoms. The molecule has 1 fully saturated rings. The molecule has 0 unspecified atom stereocenters. The number of anilines is 2. The zero-order chi connectivity index (χ0) is 14.5. The van der Waals surface area contributed by atoms with Crippen LogP contribution in [0.25, 0.3) is 0 Å². The second-order valence-electron chi connectivity index (χ2n) is 5.61. The molecular formula is C15H25N5. The third kappa shape index (κ3) is 2.90. The summed E-state index contributed by atoms with van der Waals surface area (Å²) in [6.45, 7) is 4.24. The normalized spacial score (nSPS) is 16.3. The van der Waals surface area contributed by atoms with E-state index in [2.05, 4.69) is 30.3 Å². The first-order chi connectivity index (χ1) is 9.71. The summed E-state index contributed by atoms with van der Waals surface area (Å²) in [4.78, 5) is 0. The van der Waals surface area contributed by atoms with Gasteiger partial charge in [-0.1, -0.05) is 33.1 Å². The topological polar surface area (TPSA) is 79.7 Å². The minimum atomic E-state index is 0.268. The third-order valence-corrected chi connectivity index (χ3v) is 4.29. The van der Waals surface area contributed by atoms with Crippen LogP contribution in [0.4, 0.5) is 11.6 Å². The van der Waals surface area contributed by atoms with Gasteiger partial charge in [-0.15, -0.1) is 0 Å². The first-order valence-corrected chi connectivity index (χ1v) is 7.75. The van der Waals surface area contributed by atoms with Gasteiger partial charge in [-0.05, 0) is 25.7 Å². The van der Waals surface area contributed by atoms with Gasteiger partial charge < -0.3 is 11.1 Å². The maximum atomic E-state index is 9.35. The molecule has 0 radical (unpaired) electrons. The van der Waals surface area contributed by atoms with Crippen molar-refractivity contribution < 1.29 is 0 Å². The summed E-state index contributed by atoms with van der Waals surface area (Å²) in [7, 11) is 0. The second kappa shape index (κ2) is 6.65. The van der Waals surface area contributed by atoms with Gasteiger partial charge in [0.15, 0.2) is 5.82 Å². The number of nitrogen functional groups attached to an aromatic ring is 1. The lowest BCUT2D eigenvalue weighted by Gasteiger charge is -2.22. The van der Waals surface area contributed by atoms with E-state index in [4.69, 9.17) is 5.73 Å². The Labute approximate surface area is 121 Å². The van der Waals surface area contributed by atoms with Crippen molar-refractivity contribution in [3.8, 4) is 6.07 Å². The molecule has 5 nitrogen and oxygen atoms in total. The van der Waals surface area contributed by atoms with E-state index in [1.54, 1.807) is 0 Å². The van der Waals surface area contributed by atoms with E-state index in [1.807, 2.05) is 4.68 Å². The molecule has 0 aliphatic heterocycles. The molecule has 0 spiro atoms. The third-order valence-electron chi connectivity index (χ3n) is 4.29. The van der Waals surface area contributed by atoms with Crippen LogP contribution in [0, 0.1) is 11.3 Å². The number of hydrogen-bond donors (Lipinski definition) is 2. The summed E-state index contributed by atoms with van der Waals surface area (Å²) in [5, 5.41) is 17.4. The van der Waals surface area contributed by atoms with E-state index < -0.39 is 0 Å². The van der Waals surface area contributed by atoms with Crippen molar-refractivity contribution in [2.45, 2.75) is 70.9 Å². The summed E-state index contributed by atoms with van der Waals surface area (Å²) in [6.07, 6.45) is 8.07. The van der Waals surface area contributed by atoms with Crippen LogP contribution >= 0.6 is 0 Å². The lowest BCUT2D eigenvalue weighted by molar-refractivity contribution is 0.432. The molecule has 1 heterocycles. The van der Waals surface area contributed by atoms with Gasteiger partial charge in [-0.3, -0.25) is 0 Å². The molecule has 1 saturated carbocycles. The summed E-state index contributed by atoms with van der Waals surface area (Å²) in [5.41, 5.74) is 6.61. The van der Waals surface area contributed by atoms with Crippen LogP contribution in [0.2, 0.25) is 0 Å². The van der Waals surface area contributed by atoms with E-state index in [0.717, 1.165) is 25.7 Å². The maximum absolute atomic E-state index is 9.35. The molecule has 1 aromatic rings. The Bertz CT molecular complexity index is 475. The standard InChI is InChI=1S/C15H25N5/c1-3-12(4-2)20-14(17)13(10-16)15(19-20)18-11-8-6-5-7-9-11/h11-12H,3-9,17H2,1-2H3,(H,18,19). The van der Waals surface area contributed by atoms with Gasteiger partial charge in [0.05, 0.1) is 6.04 Å². The van der Waals surface area contributed by atoms with Crippen molar-refractivity contribution in [2.75, 3.05) is 11.1 Å². The average Bonchev–Trinajstić information content (AvgIpc) is 2.78. The minimum absolute atomic E-state index is 0.268. The van der Waals surface area contributed by atoms with Gasteiger partial charge in [-0.25, -0.2) is 4.68 Å². The van der Waals surface area contributed by atoms with Crippen molar-refractivity contribution in [1.82, 2.24) is 9.78 Å². The molecule has 1 aliphatic carbocycles. The van der Waals surface area contributed by atoms with Crippen molar-refractivity contribution >= 4 is 11.6 Å². The fourth-order valence-corrected chi connectivity index (χ4v) is 3.01. The zero-order valence-corrected chi connectivity index (χ0v) is 12.5. The van der Waals surface area contributed by atoms with Crippen LogP contribution in [0.5, 0.6) is 0 Å². The zero-order valence-electron chi connectivity index (χ0n) is 12.5. The highest BCUT2D eigenvalue weighted by Gasteiger charge is 2.22. The number of aromatic nitrogens is 2. The molecule has 1 aliphatic rings. The predicted molar refractivity (Wildman–Crippen MR) is 81.5 cm³/mol. The van der Waals surface area contributed by atoms with Crippen LogP contribution in [0.1, 0.15) is 70.4 Å². The van der Waals surface area contributed by atoms with Crippen molar-refractivity contribution in [3.63, 3.8) is 0 Å². The van der Waals surface area contributed by atoms with Crippen LogP contribution in [-0.2, 0) is 0 Å². The SMILES string of the molecule is CCC(CC)n1nc(NC2CCCCC2)c(C#N)c1N. The van der Waals surface area contributed by atoms with Gasteiger partial charge in [0.25, 0.3) is 0 Å². The number of hydrogen-bond acceptors (Lipinski definition) is 4. The molecule has 3 N–H and O–H groups in total. The van der Waals surface area contributed by atoms with Crippen molar-refractivity contribution in [1.29, 1.82) is 5.26 Å². The fraction of sp³-hybridized carbons (Fsp3) is 0.733. The van der Waals surface area contributed by atoms with E-state index >= 15 is 0 Å². The van der Waals surface area contributed by atoms with Gasteiger partial charge >= 0.3 is 0 Å². The second-order valence-corrected chi connectivity index (χ2v) is 5.61. The number of nitrogens with one attached hydrogen (secondary N) is 1. The van der Waals surface area contributed by atoms with Gasteiger partial charge in [0.2, 0.25) is 0 Å². The first kappa shape index (κ1) is 14.7. The number of rotatable bonds is 5. The Morgan fingerprint density at radius 2 is 2.00 bits per heavy atom. The van der Waals surface area contributed by atoms with Gasteiger partial charge in [0.1, 0.15) is 17.5 Å². The van der Waals surface area contributed by atoms with Crippen LogP contribution < -0.4 is 11.1 Å². The highest BCUT2D eigenvalue weighted by atomic mass is 15.4. The summed E-state index contributed by atoms with van der Waals surface area (Å²) >= 11 is 0. The summed E-state index contributed by atoms with van der Waals surface area (Å²) < 4.78 is 1.82. The molecular weight excluding hydrogens is 250 g/mol. The molecule has 0 atom stereocenters. The van der Waals surface area contributed by atoms with Crippen molar-refractivity contribution in [3.05, 3.63) is 5.56 Å². The van der Waals surface area contributed by atoms with E-state index in [9.17, 15) is 5.26 Å². The Balaban J connectivity index is 2.23. The van der Waals surface area contributed by atoms with E-state index in [1.165, 1.54) is 19.3 Å². The smallest absolute Gasteiger partial charge is 0.168 e. The van der Waals surface area contributed by atoms with Crippen LogP contribution in [-0.4, -0.2) is 15.8 Å². The molecule has 110 valence electrons. The predicted octanol–water partition coefficient (Wildman–Crippen LogP) is 3.44. The number of nitrogens with two attached hydrogens (primary N) is 1. The molecule has 0 bridgehead atoms.